The van der Waals surface area contributed by atoms with Crippen molar-refractivity contribution in [1.82, 2.24) is 4.48 Å². The first-order valence-corrected chi connectivity index (χ1v) is 12.5. The molecule has 6 aromatic rings. The zero-order chi connectivity index (χ0) is 24.7. The van der Waals surface area contributed by atoms with Crippen LogP contribution in [0.1, 0.15) is 5.56 Å². The highest BCUT2D eigenvalue weighted by Gasteiger charge is 2.36. The number of hydrogen-bond donors (Lipinski definition) is 0. The maximum absolute atomic E-state index is 2.38. The van der Waals surface area contributed by atoms with Crippen molar-refractivity contribution in [3.8, 4) is 11.3 Å². The maximum atomic E-state index is 2.38. The molecule has 0 saturated carbocycles. The van der Waals surface area contributed by atoms with Crippen molar-refractivity contribution < 1.29 is 4.57 Å². The number of fused-ring (bicyclic) bond motifs is 2. The normalized spacial score (nSPS) is 11.8. The first-order chi connectivity index (χ1) is 17.6. The second kappa shape index (κ2) is 8.75. The average molecular weight is 467 g/mol. The van der Waals surface area contributed by atoms with Crippen LogP contribution < -0.4 is 9.05 Å². The molecule has 0 radical (unpaired) electrons. The number of para-hydroxylation sites is 3. The molecule has 5 aromatic carbocycles. The van der Waals surface area contributed by atoms with E-state index in [1.54, 1.807) is 0 Å². The molecule has 0 aliphatic rings. The summed E-state index contributed by atoms with van der Waals surface area (Å²) in [4.78, 5) is 0. The van der Waals surface area contributed by atoms with E-state index in [0.717, 1.165) is 0 Å². The Morgan fingerprint density at radius 2 is 1.11 bits per heavy atom. The summed E-state index contributed by atoms with van der Waals surface area (Å²) in [5.74, 6) is 0. The zero-order valence-corrected chi connectivity index (χ0v) is 21.0. The van der Waals surface area contributed by atoms with E-state index in [-0.39, 0.29) is 0 Å². The van der Waals surface area contributed by atoms with Crippen LogP contribution in [0.2, 0.25) is 0 Å². The van der Waals surface area contributed by atoms with Gasteiger partial charge in [0.05, 0.1) is 12.4 Å². The van der Waals surface area contributed by atoms with E-state index in [9.17, 15) is 0 Å². The van der Waals surface area contributed by atoms with Crippen molar-refractivity contribution >= 4 is 38.7 Å². The fraction of sp³-hybridized carbons (Fsp3) is 0.0882. The smallest absolute Gasteiger partial charge is 0.223 e. The van der Waals surface area contributed by atoms with Gasteiger partial charge in [-0.25, -0.2) is 4.48 Å². The summed E-state index contributed by atoms with van der Waals surface area (Å²) < 4.78 is 2.96. The molecular formula is C34H30N2+2. The number of quaternary nitrogens is 1. The molecule has 0 aliphatic heterocycles. The van der Waals surface area contributed by atoms with Crippen LogP contribution in [0.3, 0.4) is 0 Å². The van der Waals surface area contributed by atoms with E-state index in [1.165, 1.54) is 55.6 Å². The number of rotatable bonds is 4. The Kier molecular flexibility index (Phi) is 5.40. The summed E-state index contributed by atoms with van der Waals surface area (Å²) in [5, 5.41) is 3.77. The SMILES string of the molecule is Cc1cc2ccccc2cc1-c1ccc2cccc([N+](C)(c3ccccc3)c3ccccc3)c2[n+]1C. The number of aromatic nitrogens is 1. The van der Waals surface area contributed by atoms with E-state index < -0.39 is 0 Å². The van der Waals surface area contributed by atoms with Crippen LogP contribution in [0.5, 0.6) is 0 Å². The summed E-state index contributed by atoms with van der Waals surface area (Å²) in [7, 11) is 4.50. The minimum absolute atomic E-state index is 0.576. The number of pyridine rings is 1. The Hall–Kier alpha value is -4.27. The Bertz CT molecular complexity index is 1660. The van der Waals surface area contributed by atoms with Gasteiger partial charge in [0, 0.05) is 17.7 Å². The third-order valence-corrected chi connectivity index (χ3v) is 7.56. The van der Waals surface area contributed by atoms with Gasteiger partial charge in [-0.3, -0.25) is 0 Å². The van der Waals surface area contributed by atoms with Gasteiger partial charge in [0.2, 0.25) is 11.4 Å². The largest absolute Gasteiger partial charge is 0.275 e. The molecule has 36 heavy (non-hydrogen) atoms. The van der Waals surface area contributed by atoms with E-state index in [0.29, 0.717) is 4.48 Å². The summed E-state index contributed by atoms with van der Waals surface area (Å²) in [6, 6.07) is 46.0. The van der Waals surface area contributed by atoms with Crippen LogP contribution in [0.4, 0.5) is 17.1 Å². The monoisotopic (exact) mass is 466 g/mol. The van der Waals surface area contributed by atoms with E-state index in [4.69, 9.17) is 0 Å². The first-order valence-electron chi connectivity index (χ1n) is 12.5. The van der Waals surface area contributed by atoms with Crippen molar-refractivity contribution in [1.29, 1.82) is 0 Å². The zero-order valence-electron chi connectivity index (χ0n) is 21.0. The highest BCUT2D eigenvalue weighted by atomic mass is 15.4. The molecular weight excluding hydrogens is 436 g/mol. The van der Waals surface area contributed by atoms with Crippen LogP contribution in [0.15, 0.2) is 127 Å². The molecule has 174 valence electrons. The van der Waals surface area contributed by atoms with Crippen molar-refractivity contribution in [3.05, 3.63) is 133 Å². The minimum atomic E-state index is 0.576. The summed E-state index contributed by atoms with van der Waals surface area (Å²) in [5.41, 5.74) is 8.69. The van der Waals surface area contributed by atoms with Crippen LogP contribution in [0.25, 0.3) is 32.9 Å². The average Bonchev–Trinajstić information content (AvgIpc) is 2.93. The Balaban J connectivity index is 1.66. The molecule has 1 heterocycles. The number of benzene rings is 5. The van der Waals surface area contributed by atoms with Crippen molar-refractivity contribution in [3.63, 3.8) is 0 Å². The lowest BCUT2D eigenvalue weighted by molar-refractivity contribution is -0.633. The fourth-order valence-corrected chi connectivity index (χ4v) is 5.59. The standard InChI is InChI=1S/C34H30N2/c1-25-23-27-13-10-11-14-28(27)24-31(25)32-22-21-26-15-12-20-33(34(26)35(32)2)36(3,29-16-6-4-7-17-29)30-18-8-5-9-19-30/h4-24H,1-3H3/q+2. The molecule has 1 aromatic heterocycles. The molecule has 0 spiro atoms. The van der Waals surface area contributed by atoms with Gasteiger partial charge in [-0.15, -0.1) is 0 Å². The summed E-state index contributed by atoms with van der Waals surface area (Å²) in [6.45, 7) is 2.21. The number of nitrogens with zero attached hydrogens (tertiary/aromatic N) is 2. The fourth-order valence-electron chi connectivity index (χ4n) is 5.59. The summed E-state index contributed by atoms with van der Waals surface area (Å²) in [6.07, 6.45) is 0. The second-order valence-electron chi connectivity index (χ2n) is 9.68. The molecule has 0 atom stereocenters. The molecule has 0 N–H and O–H groups in total. The van der Waals surface area contributed by atoms with Crippen LogP contribution in [-0.2, 0) is 7.05 Å². The summed E-state index contributed by atoms with van der Waals surface area (Å²) >= 11 is 0. The van der Waals surface area contributed by atoms with E-state index in [2.05, 4.69) is 153 Å². The van der Waals surface area contributed by atoms with E-state index >= 15 is 0 Å². The molecule has 6 rings (SSSR count). The van der Waals surface area contributed by atoms with Gasteiger partial charge in [-0.1, -0.05) is 72.8 Å². The number of aryl methyl sites for hydroxylation is 2. The molecule has 0 bridgehead atoms. The Labute approximate surface area is 212 Å². The van der Waals surface area contributed by atoms with Crippen molar-refractivity contribution in [2.45, 2.75) is 6.92 Å². The Morgan fingerprint density at radius 3 is 1.75 bits per heavy atom. The Morgan fingerprint density at radius 1 is 0.556 bits per heavy atom. The van der Waals surface area contributed by atoms with Crippen molar-refractivity contribution in [2.75, 3.05) is 7.05 Å². The van der Waals surface area contributed by atoms with Gasteiger partial charge >= 0.3 is 0 Å². The van der Waals surface area contributed by atoms with E-state index in [1.807, 2.05) is 0 Å². The third kappa shape index (κ3) is 3.50. The molecule has 0 fully saturated rings. The molecule has 2 heteroatoms. The third-order valence-electron chi connectivity index (χ3n) is 7.56. The van der Waals surface area contributed by atoms with Gasteiger partial charge in [0.15, 0.2) is 0 Å². The van der Waals surface area contributed by atoms with Crippen molar-refractivity contribution in [2.24, 2.45) is 7.05 Å². The highest BCUT2D eigenvalue weighted by molar-refractivity contribution is 5.93. The quantitative estimate of drug-likeness (QED) is 0.181. The first kappa shape index (κ1) is 22.2. The van der Waals surface area contributed by atoms with Crippen LogP contribution in [0, 0.1) is 6.92 Å². The highest BCUT2D eigenvalue weighted by Crippen LogP contribution is 2.44. The predicted octanol–water partition coefficient (Wildman–Crippen LogP) is 8.39. The van der Waals surface area contributed by atoms with Gasteiger partial charge in [0.25, 0.3) is 5.52 Å². The number of hydrogen-bond acceptors (Lipinski definition) is 0. The van der Waals surface area contributed by atoms with Crippen LogP contribution >= 0.6 is 0 Å². The lowest BCUT2D eigenvalue weighted by Crippen LogP contribution is -2.39. The van der Waals surface area contributed by atoms with Crippen LogP contribution in [-0.4, -0.2) is 7.05 Å². The van der Waals surface area contributed by atoms with Gasteiger partial charge in [0.1, 0.15) is 18.4 Å². The lowest BCUT2D eigenvalue weighted by atomic mass is 9.98. The molecule has 0 saturated heterocycles. The van der Waals surface area contributed by atoms with Gasteiger partial charge < -0.3 is 0 Å². The van der Waals surface area contributed by atoms with Gasteiger partial charge in [-0.05, 0) is 65.7 Å². The minimum Gasteiger partial charge on any atom is -0.223 e. The predicted molar refractivity (Wildman–Crippen MR) is 153 cm³/mol. The van der Waals surface area contributed by atoms with Gasteiger partial charge in [-0.2, -0.15) is 4.57 Å². The topological polar surface area (TPSA) is 3.88 Å². The molecule has 0 unspecified atom stereocenters. The lowest BCUT2D eigenvalue weighted by Gasteiger charge is -2.32. The second-order valence-corrected chi connectivity index (χ2v) is 9.68. The molecule has 0 aliphatic carbocycles. The molecule has 2 nitrogen and oxygen atoms in total. The molecule has 0 amide bonds. The maximum Gasteiger partial charge on any atom is 0.275 e.